The molecule has 2 atom stereocenters. The number of hydrogen-bond acceptors (Lipinski definition) is 4. The van der Waals surface area contributed by atoms with Gasteiger partial charge in [0.25, 0.3) is 0 Å². The Bertz CT molecular complexity index is 888. The summed E-state index contributed by atoms with van der Waals surface area (Å²) >= 11 is 0. The van der Waals surface area contributed by atoms with Gasteiger partial charge >= 0.3 is 0 Å². The van der Waals surface area contributed by atoms with E-state index < -0.39 is 10.0 Å². The quantitative estimate of drug-likeness (QED) is 0.875. The van der Waals surface area contributed by atoms with E-state index in [0.717, 1.165) is 19.5 Å². The van der Waals surface area contributed by atoms with E-state index in [4.69, 9.17) is 9.88 Å². The number of ether oxygens (including phenoxy) is 1. The second-order valence-corrected chi connectivity index (χ2v) is 9.04. The maximum Gasteiger partial charge on any atom is 0.238 e. The molecule has 0 amide bonds. The number of nitrogens with two attached hydrogens (primary N) is 1. The first-order valence-electron chi connectivity index (χ1n) is 9.64. The highest BCUT2D eigenvalue weighted by molar-refractivity contribution is 7.89. The fraction of sp³-hybridized carbons (Fsp3) is 0.429. The standard InChI is InChI=1S/C21H26N2O3S/c22-27(24,25)18-11-9-17(10-12-18)26-21-19-8-4-3-7-16(19)15-20(21)23-13-5-1-2-6-14-23/h3-4,7-12,20-21H,1-2,5-6,13-15H2,(H2,22,24,25)/t20-,21-/m0/s1. The van der Waals surface area contributed by atoms with Crippen molar-refractivity contribution in [1.82, 2.24) is 4.90 Å². The minimum absolute atomic E-state index is 0.0420. The largest absolute Gasteiger partial charge is 0.484 e. The van der Waals surface area contributed by atoms with Crippen LogP contribution in [0, 0.1) is 0 Å². The molecule has 1 aliphatic carbocycles. The Morgan fingerprint density at radius 2 is 1.59 bits per heavy atom. The fourth-order valence-corrected chi connectivity index (χ4v) is 4.80. The molecule has 0 spiro atoms. The maximum absolute atomic E-state index is 11.5. The Morgan fingerprint density at radius 3 is 2.26 bits per heavy atom. The summed E-state index contributed by atoms with van der Waals surface area (Å²) in [5, 5.41) is 5.19. The summed E-state index contributed by atoms with van der Waals surface area (Å²) in [6.07, 6.45) is 6.04. The van der Waals surface area contributed by atoms with Crippen LogP contribution in [0.15, 0.2) is 53.4 Å². The van der Waals surface area contributed by atoms with Gasteiger partial charge in [0.1, 0.15) is 11.9 Å². The van der Waals surface area contributed by atoms with Crippen molar-refractivity contribution in [3.05, 3.63) is 59.7 Å². The number of fused-ring (bicyclic) bond motifs is 1. The van der Waals surface area contributed by atoms with E-state index in [9.17, 15) is 8.42 Å². The second-order valence-electron chi connectivity index (χ2n) is 7.48. The Labute approximate surface area is 161 Å². The number of rotatable bonds is 4. The summed E-state index contributed by atoms with van der Waals surface area (Å²) in [6.45, 7) is 2.23. The van der Waals surface area contributed by atoms with Crippen LogP contribution in [0.5, 0.6) is 5.75 Å². The molecular weight excluding hydrogens is 360 g/mol. The van der Waals surface area contributed by atoms with Crippen LogP contribution in [0.25, 0.3) is 0 Å². The van der Waals surface area contributed by atoms with Crippen LogP contribution in [0.1, 0.15) is 42.9 Å². The first kappa shape index (κ1) is 18.5. The normalized spacial score (nSPS) is 23.6. The van der Waals surface area contributed by atoms with Crippen molar-refractivity contribution in [2.75, 3.05) is 13.1 Å². The van der Waals surface area contributed by atoms with Crippen molar-refractivity contribution >= 4 is 10.0 Å². The molecule has 2 N–H and O–H groups in total. The molecule has 2 aliphatic rings. The highest BCUT2D eigenvalue weighted by atomic mass is 32.2. The molecule has 0 bridgehead atoms. The molecule has 2 aromatic rings. The van der Waals surface area contributed by atoms with Crippen molar-refractivity contribution < 1.29 is 13.2 Å². The molecule has 0 unspecified atom stereocenters. The van der Waals surface area contributed by atoms with Gasteiger partial charge in [-0.1, -0.05) is 37.1 Å². The van der Waals surface area contributed by atoms with E-state index in [1.807, 2.05) is 0 Å². The van der Waals surface area contributed by atoms with E-state index in [1.165, 1.54) is 48.9 Å². The highest BCUT2D eigenvalue weighted by Crippen LogP contribution is 2.38. The number of hydrogen-bond donors (Lipinski definition) is 1. The third-order valence-electron chi connectivity index (χ3n) is 5.67. The van der Waals surface area contributed by atoms with Crippen molar-refractivity contribution in [1.29, 1.82) is 0 Å². The topological polar surface area (TPSA) is 72.6 Å². The number of nitrogens with zero attached hydrogens (tertiary/aromatic N) is 1. The SMILES string of the molecule is NS(=O)(=O)c1ccc(O[C@H]2c3ccccc3C[C@@H]2N2CCCCCC2)cc1. The van der Waals surface area contributed by atoms with Crippen molar-refractivity contribution in [2.24, 2.45) is 5.14 Å². The summed E-state index contributed by atoms with van der Waals surface area (Å²) in [5.74, 6) is 0.670. The average Bonchev–Trinajstić information content (AvgIpc) is 2.82. The van der Waals surface area contributed by atoms with Crippen LogP contribution in [0.4, 0.5) is 0 Å². The first-order chi connectivity index (χ1) is 13.0. The molecule has 1 aliphatic heterocycles. The van der Waals surface area contributed by atoms with Gasteiger partial charge in [-0.25, -0.2) is 13.6 Å². The van der Waals surface area contributed by atoms with Crippen LogP contribution in [-0.4, -0.2) is 32.4 Å². The molecule has 1 fully saturated rings. The molecule has 4 rings (SSSR count). The zero-order chi connectivity index (χ0) is 18.9. The lowest BCUT2D eigenvalue weighted by molar-refractivity contribution is 0.0800. The van der Waals surface area contributed by atoms with Crippen LogP contribution >= 0.6 is 0 Å². The molecular formula is C21H26N2O3S. The van der Waals surface area contributed by atoms with Gasteiger partial charge in [-0.05, 0) is 67.7 Å². The predicted octanol–water partition coefficient (Wildman–Crippen LogP) is 3.25. The van der Waals surface area contributed by atoms with Gasteiger partial charge in [0.2, 0.25) is 10.0 Å². The molecule has 0 saturated carbocycles. The summed E-state index contributed by atoms with van der Waals surface area (Å²) < 4.78 is 29.3. The molecule has 2 aromatic carbocycles. The number of primary sulfonamides is 1. The lowest BCUT2D eigenvalue weighted by Crippen LogP contribution is -2.40. The van der Waals surface area contributed by atoms with Crippen molar-refractivity contribution in [3.63, 3.8) is 0 Å². The third kappa shape index (κ3) is 4.03. The van der Waals surface area contributed by atoms with E-state index in [2.05, 4.69) is 29.2 Å². The lowest BCUT2D eigenvalue weighted by atomic mass is 10.1. The minimum Gasteiger partial charge on any atom is -0.484 e. The van der Waals surface area contributed by atoms with E-state index in [-0.39, 0.29) is 11.0 Å². The van der Waals surface area contributed by atoms with Gasteiger partial charge in [0, 0.05) is 0 Å². The Hall–Kier alpha value is -1.89. The molecule has 6 heteroatoms. The van der Waals surface area contributed by atoms with E-state index in [0.29, 0.717) is 11.8 Å². The van der Waals surface area contributed by atoms with Gasteiger partial charge in [0.05, 0.1) is 10.9 Å². The van der Waals surface area contributed by atoms with E-state index in [1.54, 1.807) is 12.1 Å². The smallest absolute Gasteiger partial charge is 0.238 e. The minimum atomic E-state index is -3.69. The van der Waals surface area contributed by atoms with Crippen molar-refractivity contribution in [3.8, 4) is 5.75 Å². The third-order valence-corrected chi connectivity index (χ3v) is 6.59. The summed E-state index contributed by atoms with van der Waals surface area (Å²) in [4.78, 5) is 2.68. The fourth-order valence-electron chi connectivity index (χ4n) is 4.28. The molecule has 1 saturated heterocycles. The number of sulfonamides is 1. The highest BCUT2D eigenvalue weighted by Gasteiger charge is 2.37. The summed E-state index contributed by atoms with van der Waals surface area (Å²) in [6, 6.07) is 15.2. The zero-order valence-electron chi connectivity index (χ0n) is 15.4. The van der Waals surface area contributed by atoms with Crippen LogP contribution in [0.2, 0.25) is 0 Å². The second kappa shape index (κ2) is 7.62. The maximum atomic E-state index is 11.5. The van der Waals surface area contributed by atoms with Crippen LogP contribution < -0.4 is 9.88 Å². The van der Waals surface area contributed by atoms with Crippen LogP contribution in [0.3, 0.4) is 0 Å². The Kier molecular flexibility index (Phi) is 5.21. The van der Waals surface area contributed by atoms with Gasteiger partial charge in [0.15, 0.2) is 0 Å². The average molecular weight is 387 g/mol. The lowest BCUT2D eigenvalue weighted by Gasteiger charge is -2.32. The summed E-state index contributed by atoms with van der Waals surface area (Å²) in [5.41, 5.74) is 2.58. The van der Waals surface area contributed by atoms with Gasteiger partial charge < -0.3 is 4.74 Å². The number of benzene rings is 2. The predicted molar refractivity (Wildman–Crippen MR) is 105 cm³/mol. The molecule has 0 radical (unpaired) electrons. The molecule has 0 aromatic heterocycles. The Morgan fingerprint density at radius 1 is 0.926 bits per heavy atom. The van der Waals surface area contributed by atoms with Crippen LogP contribution in [-0.2, 0) is 16.4 Å². The zero-order valence-corrected chi connectivity index (χ0v) is 16.2. The first-order valence-corrected chi connectivity index (χ1v) is 11.2. The monoisotopic (exact) mass is 386 g/mol. The number of likely N-dealkylation sites (tertiary alicyclic amines) is 1. The van der Waals surface area contributed by atoms with E-state index >= 15 is 0 Å². The molecule has 5 nitrogen and oxygen atoms in total. The molecule has 27 heavy (non-hydrogen) atoms. The van der Waals surface area contributed by atoms with Gasteiger partial charge in [-0.2, -0.15) is 0 Å². The van der Waals surface area contributed by atoms with Gasteiger partial charge in [-0.3, -0.25) is 4.90 Å². The summed E-state index contributed by atoms with van der Waals surface area (Å²) in [7, 11) is -3.69. The molecule has 1 heterocycles. The molecule has 144 valence electrons. The Balaban J connectivity index is 1.60. The van der Waals surface area contributed by atoms with Crippen molar-refractivity contribution in [2.45, 2.75) is 49.1 Å². The van der Waals surface area contributed by atoms with Gasteiger partial charge in [-0.15, -0.1) is 0 Å².